The lowest BCUT2D eigenvalue weighted by Crippen LogP contribution is -2.54. The van der Waals surface area contributed by atoms with Crippen molar-refractivity contribution >= 4 is 29.6 Å². The Balaban J connectivity index is 1.97. The van der Waals surface area contributed by atoms with E-state index in [4.69, 9.17) is 0 Å². The van der Waals surface area contributed by atoms with Gasteiger partial charge < -0.3 is 0 Å². The second-order valence-corrected chi connectivity index (χ2v) is 5.39. The Morgan fingerprint density at radius 2 is 1.62 bits per heavy atom. The van der Waals surface area contributed by atoms with Crippen molar-refractivity contribution in [1.29, 1.82) is 0 Å². The number of benzene rings is 2. The van der Waals surface area contributed by atoms with Crippen LogP contribution in [0.25, 0.3) is 6.08 Å². The number of imide groups is 2. The van der Waals surface area contributed by atoms with E-state index in [1.165, 1.54) is 6.08 Å². The highest BCUT2D eigenvalue weighted by Crippen LogP contribution is 2.21. The lowest BCUT2D eigenvalue weighted by molar-refractivity contribution is -0.122. The number of anilines is 1. The molecule has 0 aromatic heterocycles. The van der Waals surface area contributed by atoms with E-state index >= 15 is 0 Å². The van der Waals surface area contributed by atoms with E-state index in [1.54, 1.807) is 30.3 Å². The van der Waals surface area contributed by atoms with Gasteiger partial charge in [-0.05, 0) is 35.8 Å². The van der Waals surface area contributed by atoms with Crippen LogP contribution in [0.3, 0.4) is 0 Å². The molecule has 1 saturated heterocycles. The van der Waals surface area contributed by atoms with Crippen molar-refractivity contribution in [3.63, 3.8) is 0 Å². The molecular formula is C19H16N2O3. The Morgan fingerprint density at radius 1 is 0.958 bits per heavy atom. The van der Waals surface area contributed by atoms with Crippen LogP contribution in [0.2, 0.25) is 0 Å². The third-order valence-electron chi connectivity index (χ3n) is 3.82. The predicted molar refractivity (Wildman–Crippen MR) is 91.3 cm³/mol. The minimum absolute atomic E-state index is 0.0669. The van der Waals surface area contributed by atoms with Crippen molar-refractivity contribution < 1.29 is 14.4 Å². The molecule has 3 rings (SSSR count). The summed E-state index contributed by atoms with van der Waals surface area (Å²) in [6.45, 7) is 2.05. The van der Waals surface area contributed by atoms with Crippen molar-refractivity contribution in [2.45, 2.75) is 13.3 Å². The van der Waals surface area contributed by atoms with Crippen molar-refractivity contribution in [1.82, 2.24) is 5.32 Å². The molecule has 2 aromatic carbocycles. The molecule has 0 bridgehead atoms. The number of nitrogens with one attached hydrogen (secondary N) is 1. The lowest BCUT2D eigenvalue weighted by Gasteiger charge is -2.26. The average Bonchev–Trinajstić information content (AvgIpc) is 2.60. The van der Waals surface area contributed by atoms with E-state index in [0.717, 1.165) is 22.4 Å². The van der Waals surface area contributed by atoms with Crippen molar-refractivity contribution in [2.24, 2.45) is 0 Å². The van der Waals surface area contributed by atoms with Crippen LogP contribution in [0.15, 0.2) is 60.2 Å². The summed E-state index contributed by atoms with van der Waals surface area (Å²) in [4.78, 5) is 37.7. The largest absolute Gasteiger partial charge is 0.335 e. The van der Waals surface area contributed by atoms with Gasteiger partial charge >= 0.3 is 6.03 Å². The Bertz CT molecular complexity index is 823. The first-order chi connectivity index (χ1) is 11.6. The van der Waals surface area contributed by atoms with Crippen molar-refractivity contribution in [2.75, 3.05) is 4.90 Å². The topological polar surface area (TPSA) is 66.5 Å². The first kappa shape index (κ1) is 15.7. The zero-order valence-electron chi connectivity index (χ0n) is 13.2. The molecule has 24 heavy (non-hydrogen) atoms. The van der Waals surface area contributed by atoms with Crippen molar-refractivity contribution in [3.05, 3.63) is 71.3 Å². The van der Waals surface area contributed by atoms with Gasteiger partial charge in [0.05, 0.1) is 5.69 Å². The summed E-state index contributed by atoms with van der Waals surface area (Å²) >= 11 is 0. The molecule has 0 saturated carbocycles. The Labute approximate surface area is 139 Å². The molecule has 0 spiro atoms. The second-order valence-electron chi connectivity index (χ2n) is 5.39. The Hall–Kier alpha value is -3.21. The summed E-state index contributed by atoms with van der Waals surface area (Å²) in [5, 5.41) is 2.21. The number of carbonyl (C=O) groups excluding carboxylic acids is 3. The van der Waals surface area contributed by atoms with E-state index in [-0.39, 0.29) is 5.57 Å². The number of para-hydroxylation sites is 1. The average molecular weight is 320 g/mol. The van der Waals surface area contributed by atoms with Gasteiger partial charge in [0.1, 0.15) is 5.57 Å². The van der Waals surface area contributed by atoms with E-state index < -0.39 is 17.8 Å². The van der Waals surface area contributed by atoms with E-state index in [0.29, 0.717) is 5.69 Å². The quantitative estimate of drug-likeness (QED) is 0.698. The number of carbonyl (C=O) groups is 3. The molecule has 1 heterocycles. The summed E-state index contributed by atoms with van der Waals surface area (Å²) in [6, 6.07) is 15.3. The molecule has 0 unspecified atom stereocenters. The Kier molecular flexibility index (Phi) is 4.24. The summed E-state index contributed by atoms with van der Waals surface area (Å²) in [6.07, 6.45) is 2.41. The first-order valence-corrected chi connectivity index (χ1v) is 7.65. The van der Waals surface area contributed by atoms with Gasteiger partial charge in [0.2, 0.25) is 0 Å². The van der Waals surface area contributed by atoms with Gasteiger partial charge in [0, 0.05) is 0 Å². The fourth-order valence-electron chi connectivity index (χ4n) is 2.49. The van der Waals surface area contributed by atoms with Gasteiger partial charge in [-0.3, -0.25) is 14.9 Å². The van der Waals surface area contributed by atoms with Gasteiger partial charge in [-0.25, -0.2) is 9.69 Å². The highest BCUT2D eigenvalue weighted by Gasteiger charge is 2.36. The number of barbiturate groups is 1. The van der Waals surface area contributed by atoms with Crippen molar-refractivity contribution in [3.8, 4) is 0 Å². The molecule has 1 aliphatic heterocycles. The summed E-state index contributed by atoms with van der Waals surface area (Å²) in [5.74, 6) is -1.31. The minimum atomic E-state index is -0.741. The highest BCUT2D eigenvalue weighted by atomic mass is 16.2. The summed E-state index contributed by atoms with van der Waals surface area (Å²) in [5.41, 5.74) is 2.24. The monoisotopic (exact) mass is 320 g/mol. The number of rotatable bonds is 3. The zero-order chi connectivity index (χ0) is 17.1. The molecule has 0 aliphatic carbocycles. The molecule has 120 valence electrons. The third-order valence-corrected chi connectivity index (χ3v) is 3.82. The van der Waals surface area contributed by atoms with E-state index in [2.05, 4.69) is 12.2 Å². The van der Waals surface area contributed by atoms with Crippen LogP contribution >= 0.6 is 0 Å². The lowest BCUT2D eigenvalue weighted by atomic mass is 10.0. The Morgan fingerprint density at radius 3 is 2.25 bits per heavy atom. The minimum Gasteiger partial charge on any atom is -0.273 e. The van der Waals surface area contributed by atoms with Crippen LogP contribution in [0, 0.1) is 0 Å². The molecule has 5 nitrogen and oxygen atoms in total. The number of aryl methyl sites for hydroxylation is 1. The second kappa shape index (κ2) is 6.50. The van der Waals surface area contributed by atoms with Crippen LogP contribution in [0.4, 0.5) is 10.5 Å². The predicted octanol–water partition coefficient (Wildman–Crippen LogP) is 2.92. The van der Waals surface area contributed by atoms with Gasteiger partial charge in [-0.15, -0.1) is 0 Å². The van der Waals surface area contributed by atoms with Gasteiger partial charge in [0.15, 0.2) is 0 Å². The molecule has 1 N–H and O–H groups in total. The summed E-state index contributed by atoms with van der Waals surface area (Å²) in [7, 11) is 0. The molecule has 2 aromatic rings. The molecule has 0 atom stereocenters. The number of hydrogen-bond donors (Lipinski definition) is 1. The maximum Gasteiger partial charge on any atom is 0.335 e. The maximum absolute atomic E-state index is 12.7. The van der Waals surface area contributed by atoms with Crippen LogP contribution in [0.5, 0.6) is 0 Å². The van der Waals surface area contributed by atoms with Gasteiger partial charge in [-0.1, -0.05) is 49.4 Å². The van der Waals surface area contributed by atoms with Gasteiger partial charge in [-0.2, -0.15) is 0 Å². The molecular weight excluding hydrogens is 304 g/mol. The van der Waals surface area contributed by atoms with Gasteiger partial charge in [0.25, 0.3) is 11.8 Å². The van der Waals surface area contributed by atoms with Crippen LogP contribution in [-0.4, -0.2) is 17.8 Å². The SMILES string of the molecule is CCc1ccc(/C=C2/C(=O)NC(=O)N(c3ccccc3)C2=O)cc1. The zero-order valence-corrected chi connectivity index (χ0v) is 13.2. The third kappa shape index (κ3) is 2.96. The van der Waals surface area contributed by atoms with Crippen LogP contribution in [0.1, 0.15) is 18.1 Å². The smallest absolute Gasteiger partial charge is 0.273 e. The molecule has 5 heteroatoms. The fourth-order valence-corrected chi connectivity index (χ4v) is 2.49. The first-order valence-electron chi connectivity index (χ1n) is 7.65. The molecule has 4 amide bonds. The van der Waals surface area contributed by atoms with E-state index in [9.17, 15) is 14.4 Å². The maximum atomic E-state index is 12.7. The highest BCUT2D eigenvalue weighted by molar-refractivity contribution is 6.39. The summed E-state index contributed by atoms with van der Waals surface area (Å²) < 4.78 is 0. The van der Waals surface area contributed by atoms with Crippen LogP contribution in [-0.2, 0) is 16.0 Å². The standard InChI is InChI=1S/C19H16N2O3/c1-2-13-8-10-14(11-9-13)12-16-17(22)20-19(24)21(18(16)23)15-6-4-3-5-7-15/h3-12H,2H2,1H3,(H,20,22,24)/b16-12-. The fraction of sp³-hybridized carbons (Fsp3) is 0.105. The van der Waals surface area contributed by atoms with E-state index in [1.807, 2.05) is 24.3 Å². The number of urea groups is 1. The number of amides is 4. The molecule has 1 fully saturated rings. The molecule has 1 aliphatic rings. The molecule has 0 radical (unpaired) electrons. The number of nitrogens with zero attached hydrogens (tertiary/aromatic N) is 1. The normalized spacial score (nSPS) is 16.5. The van der Waals surface area contributed by atoms with Crippen LogP contribution < -0.4 is 10.2 Å². The number of hydrogen-bond acceptors (Lipinski definition) is 3.